The minimum absolute atomic E-state index is 0.270. The molecule has 1 atom stereocenters. The Morgan fingerprint density at radius 3 is 3.00 bits per heavy atom. The molecule has 2 heterocycles. The van der Waals surface area contributed by atoms with Crippen LogP contribution in [0.4, 0.5) is 11.6 Å². The number of hydrogen-bond donors (Lipinski definition) is 2. The van der Waals surface area contributed by atoms with Crippen molar-refractivity contribution in [3.8, 4) is 0 Å². The number of hydrogen-bond acceptors (Lipinski definition) is 5. The van der Waals surface area contributed by atoms with E-state index < -0.39 is 0 Å². The van der Waals surface area contributed by atoms with E-state index in [-0.39, 0.29) is 6.61 Å². The summed E-state index contributed by atoms with van der Waals surface area (Å²) >= 11 is 0. The van der Waals surface area contributed by atoms with Crippen molar-refractivity contribution in [1.82, 2.24) is 10.2 Å². The lowest BCUT2D eigenvalue weighted by Gasteiger charge is -2.33. The van der Waals surface area contributed by atoms with Gasteiger partial charge in [-0.25, -0.2) is 0 Å². The Hall–Kier alpha value is -1.36. The van der Waals surface area contributed by atoms with E-state index in [1.807, 2.05) is 6.07 Å². The number of aliphatic hydroxyl groups is 1. The Morgan fingerprint density at radius 1 is 1.44 bits per heavy atom. The lowest BCUT2D eigenvalue weighted by atomic mass is 9.95. The SMILES string of the molecule is Nc1ccc(N2CCCC(CCO)C2)nn1. The molecule has 3 N–H and O–H groups in total. The molecular formula is C11H18N4O. The topological polar surface area (TPSA) is 75.3 Å². The molecule has 1 aliphatic rings. The van der Waals surface area contributed by atoms with E-state index in [0.717, 1.165) is 31.7 Å². The van der Waals surface area contributed by atoms with Crippen molar-refractivity contribution in [2.24, 2.45) is 5.92 Å². The Balaban J connectivity index is 2.01. The molecule has 1 saturated heterocycles. The van der Waals surface area contributed by atoms with E-state index in [1.165, 1.54) is 6.42 Å². The van der Waals surface area contributed by atoms with Gasteiger partial charge in [-0.05, 0) is 37.3 Å². The van der Waals surface area contributed by atoms with Crippen LogP contribution < -0.4 is 10.6 Å². The van der Waals surface area contributed by atoms with Crippen molar-refractivity contribution >= 4 is 11.6 Å². The van der Waals surface area contributed by atoms with Gasteiger partial charge in [0.15, 0.2) is 5.82 Å². The average Bonchev–Trinajstić information content (AvgIpc) is 2.31. The van der Waals surface area contributed by atoms with Crippen LogP contribution >= 0.6 is 0 Å². The zero-order valence-electron chi connectivity index (χ0n) is 9.34. The maximum Gasteiger partial charge on any atom is 0.151 e. The molecule has 5 nitrogen and oxygen atoms in total. The van der Waals surface area contributed by atoms with E-state index in [2.05, 4.69) is 15.1 Å². The molecule has 1 aromatic heterocycles. The molecule has 0 radical (unpaired) electrons. The van der Waals surface area contributed by atoms with Gasteiger partial charge in [0.25, 0.3) is 0 Å². The lowest BCUT2D eigenvalue weighted by Crippen LogP contribution is -2.36. The Kier molecular flexibility index (Phi) is 3.56. The van der Waals surface area contributed by atoms with Crippen molar-refractivity contribution in [2.45, 2.75) is 19.3 Å². The van der Waals surface area contributed by atoms with Crippen LogP contribution in [0.25, 0.3) is 0 Å². The van der Waals surface area contributed by atoms with E-state index in [4.69, 9.17) is 10.8 Å². The van der Waals surface area contributed by atoms with Crippen LogP contribution in [-0.4, -0.2) is 35.0 Å². The number of anilines is 2. The summed E-state index contributed by atoms with van der Waals surface area (Å²) in [5, 5.41) is 16.9. The van der Waals surface area contributed by atoms with Gasteiger partial charge in [-0.1, -0.05) is 0 Å². The smallest absolute Gasteiger partial charge is 0.151 e. The fraction of sp³-hybridized carbons (Fsp3) is 0.636. The largest absolute Gasteiger partial charge is 0.396 e. The molecule has 5 heteroatoms. The van der Waals surface area contributed by atoms with E-state index in [0.29, 0.717) is 11.7 Å². The van der Waals surface area contributed by atoms with Crippen LogP contribution in [0.1, 0.15) is 19.3 Å². The van der Waals surface area contributed by atoms with E-state index >= 15 is 0 Å². The third kappa shape index (κ3) is 2.61. The molecule has 0 saturated carbocycles. The summed E-state index contributed by atoms with van der Waals surface area (Å²) in [4.78, 5) is 2.22. The number of nitrogen functional groups attached to an aromatic ring is 1. The Bertz CT molecular complexity index is 325. The van der Waals surface area contributed by atoms with Gasteiger partial charge in [0, 0.05) is 19.7 Å². The number of nitrogens with two attached hydrogens (primary N) is 1. The van der Waals surface area contributed by atoms with Gasteiger partial charge < -0.3 is 15.7 Å². The first kappa shape index (κ1) is 11.1. The van der Waals surface area contributed by atoms with E-state index in [1.54, 1.807) is 6.07 Å². The Labute approximate surface area is 95.3 Å². The predicted octanol–water partition coefficient (Wildman–Crippen LogP) is 0.658. The molecule has 0 aliphatic carbocycles. The molecule has 1 aliphatic heterocycles. The first-order valence-corrected chi connectivity index (χ1v) is 5.74. The molecule has 0 spiro atoms. The average molecular weight is 222 g/mol. The highest BCUT2D eigenvalue weighted by Crippen LogP contribution is 2.23. The first-order valence-electron chi connectivity index (χ1n) is 5.74. The molecule has 88 valence electrons. The molecule has 1 fully saturated rings. The second kappa shape index (κ2) is 5.12. The first-order chi connectivity index (χ1) is 7.79. The molecule has 16 heavy (non-hydrogen) atoms. The third-order valence-corrected chi connectivity index (χ3v) is 3.05. The highest BCUT2D eigenvalue weighted by atomic mass is 16.3. The van der Waals surface area contributed by atoms with E-state index in [9.17, 15) is 0 Å². The van der Waals surface area contributed by atoms with Gasteiger partial charge in [-0.3, -0.25) is 0 Å². The molecule has 0 aromatic carbocycles. The molecule has 1 aromatic rings. The molecule has 0 bridgehead atoms. The van der Waals surface area contributed by atoms with Crippen molar-refractivity contribution in [3.05, 3.63) is 12.1 Å². The molecular weight excluding hydrogens is 204 g/mol. The number of nitrogens with zero attached hydrogens (tertiary/aromatic N) is 3. The summed E-state index contributed by atoms with van der Waals surface area (Å²) in [5.74, 6) is 1.91. The lowest BCUT2D eigenvalue weighted by molar-refractivity contribution is 0.244. The van der Waals surface area contributed by atoms with Gasteiger partial charge >= 0.3 is 0 Å². The van der Waals surface area contributed by atoms with Crippen LogP contribution in [0.5, 0.6) is 0 Å². The highest BCUT2D eigenvalue weighted by molar-refractivity contribution is 5.41. The minimum Gasteiger partial charge on any atom is -0.396 e. The Morgan fingerprint density at radius 2 is 2.31 bits per heavy atom. The third-order valence-electron chi connectivity index (χ3n) is 3.05. The maximum absolute atomic E-state index is 8.95. The normalized spacial score (nSPS) is 21.1. The highest BCUT2D eigenvalue weighted by Gasteiger charge is 2.20. The summed E-state index contributed by atoms with van der Waals surface area (Å²) in [5.41, 5.74) is 5.51. The summed E-state index contributed by atoms with van der Waals surface area (Å²) in [6.45, 7) is 2.24. The van der Waals surface area contributed by atoms with Crippen molar-refractivity contribution < 1.29 is 5.11 Å². The zero-order chi connectivity index (χ0) is 11.4. The van der Waals surface area contributed by atoms with Crippen molar-refractivity contribution in [2.75, 3.05) is 30.3 Å². The molecule has 1 unspecified atom stereocenters. The summed E-state index contributed by atoms with van der Waals surface area (Å²) in [7, 11) is 0. The number of aromatic nitrogens is 2. The zero-order valence-corrected chi connectivity index (χ0v) is 9.34. The van der Waals surface area contributed by atoms with Gasteiger partial charge in [0.05, 0.1) is 0 Å². The summed E-state index contributed by atoms with van der Waals surface area (Å²) in [6, 6.07) is 3.68. The van der Waals surface area contributed by atoms with Crippen LogP contribution in [0, 0.1) is 5.92 Å². The van der Waals surface area contributed by atoms with Crippen molar-refractivity contribution in [1.29, 1.82) is 0 Å². The fourth-order valence-electron chi connectivity index (χ4n) is 2.20. The second-order valence-electron chi connectivity index (χ2n) is 4.28. The summed E-state index contributed by atoms with van der Waals surface area (Å²) < 4.78 is 0. The van der Waals surface area contributed by atoms with Crippen molar-refractivity contribution in [3.63, 3.8) is 0 Å². The van der Waals surface area contributed by atoms with Gasteiger partial charge in [0.1, 0.15) is 5.82 Å². The van der Waals surface area contributed by atoms with Crippen LogP contribution in [0.2, 0.25) is 0 Å². The standard InChI is InChI=1S/C11H18N4O/c12-10-3-4-11(14-13-10)15-6-1-2-9(8-15)5-7-16/h3-4,9,16H,1-2,5-8H2,(H2,12,13). The quantitative estimate of drug-likeness (QED) is 0.785. The molecule has 2 rings (SSSR count). The molecule has 0 amide bonds. The fourth-order valence-corrected chi connectivity index (χ4v) is 2.20. The number of aliphatic hydroxyl groups excluding tert-OH is 1. The number of rotatable bonds is 3. The maximum atomic E-state index is 8.95. The second-order valence-corrected chi connectivity index (χ2v) is 4.28. The minimum atomic E-state index is 0.270. The predicted molar refractivity (Wildman–Crippen MR) is 63.1 cm³/mol. The van der Waals surface area contributed by atoms with Crippen LogP contribution in [0.3, 0.4) is 0 Å². The monoisotopic (exact) mass is 222 g/mol. The summed E-state index contributed by atoms with van der Waals surface area (Å²) in [6.07, 6.45) is 3.22. The number of piperidine rings is 1. The van der Waals surface area contributed by atoms with Crippen LogP contribution in [-0.2, 0) is 0 Å². The van der Waals surface area contributed by atoms with Gasteiger partial charge in [0.2, 0.25) is 0 Å². The van der Waals surface area contributed by atoms with Gasteiger partial charge in [-0.2, -0.15) is 0 Å². The van der Waals surface area contributed by atoms with Gasteiger partial charge in [-0.15, -0.1) is 10.2 Å². The van der Waals surface area contributed by atoms with Crippen LogP contribution in [0.15, 0.2) is 12.1 Å².